The van der Waals surface area contributed by atoms with Crippen molar-refractivity contribution in [3.63, 3.8) is 0 Å². The van der Waals surface area contributed by atoms with E-state index in [-0.39, 0.29) is 17.2 Å². The Hall–Kier alpha value is -1.73. The lowest BCUT2D eigenvalue weighted by Crippen LogP contribution is -1.81. The molecular weight excluding hydrogens is 198 g/mol. The van der Waals surface area contributed by atoms with Crippen LogP contribution in [0, 0.1) is 11.3 Å². The highest BCUT2D eigenvalue weighted by Crippen LogP contribution is 2.35. The molecule has 0 aliphatic carbocycles. The van der Waals surface area contributed by atoms with Gasteiger partial charge in [0.1, 0.15) is 5.75 Å². The molecule has 3 nitrogen and oxygen atoms in total. The van der Waals surface area contributed by atoms with Crippen LogP contribution >= 0.6 is 11.3 Å². The predicted molar refractivity (Wildman–Crippen MR) is 54.5 cm³/mol. The molecule has 1 aromatic carbocycles. The van der Waals surface area contributed by atoms with Crippen LogP contribution in [0.2, 0.25) is 0 Å². The molecular formula is C10H7NO2S. The minimum Gasteiger partial charge on any atom is -0.508 e. The lowest BCUT2D eigenvalue weighted by Gasteiger charge is -1.98. The number of rotatable bonds is 1. The van der Waals surface area contributed by atoms with E-state index >= 15 is 0 Å². The van der Waals surface area contributed by atoms with Gasteiger partial charge in [0.15, 0.2) is 5.06 Å². The Morgan fingerprint density at radius 3 is 2.79 bits per heavy atom. The maximum absolute atomic E-state index is 9.36. The SMILES string of the molecule is N#CCc1cc(O)cc2sc(O)cc12. The second kappa shape index (κ2) is 3.20. The predicted octanol–water partition coefficient (Wildman–Crippen LogP) is 2.38. The molecule has 0 amide bonds. The first-order valence-corrected chi connectivity index (χ1v) is 4.83. The topological polar surface area (TPSA) is 64.2 Å². The van der Waals surface area contributed by atoms with E-state index < -0.39 is 0 Å². The number of aromatic hydroxyl groups is 2. The molecule has 14 heavy (non-hydrogen) atoms. The van der Waals surface area contributed by atoms with Gasteiger partial charge in [-0.2, -0.15) is 5.26 Å². The van der Waals surface area contributed by atoms with E-state index in [1.165, 1.54) is 11.3 Å². The van der Waals surface area contributed by atoms with Crippen LogP contribution in [0.3, 0.4) is 0 Å². The Labute approximate surface area is 84.5 Å². The number of nitrogens with zero attached hydrogens (tertiary/aromatic N) is 1. The second-order valence-electron chi connectivity index (χ2n) is 2.94. The van der Waals surface area contributed by atoms with Crippen LogP contribution in [0.4, 0.5) is 0 Å². The van der Waals surface area contributed by atoms with Gasteiger partial charge in [0.2, 0.25) is 0 Å². The Balaban J connectivity index is 2.74. The molecule has 0 spiro atoms. The third-order valence-electron chi connectivity index (χ3n) is 1.96. The Bertz CT molecular complexity index is 525. The molecule has 2 rings (SSSR count). The molecule has 2 N–H and O–H groups in total. The lowest BCUT2D eigenvalue weighted by atomic mass is 10.1. The van der Waals surface area contributed by atoms with Gasteiger partial charge >= 0.3 is 0 Å². The van der Waals surface area contributed by atoms with E-state index in [1.807, 2.05) is 6.07 Å². The molecule has 2 aromatic rings. The first-order valence-electron chi connectivity index (χ1n) is 4.02. The van der Waals surface area contributed by atoms with Gasteiger partial charge < -0.3 is 10.2 Å². The normalized spacial score (nSPS) is 10.2. The van der Waals surface area contributed by atoms with Gasteiger partial charge in [-0.1, -0.05) is 11.3 Å². The quantitative estimate of drug-likeness (QED) is 0.751. The van der Waals surface area contributed by atoms with Crippen LogP contribution in [0.15, 0.2) is 18.2 Å². The highest BCUT2D eigenvalue weighted by Gasteiger charge is 2.07. The summed E-state index contributed by atoms with van der Waals surface area (Å²) in [6.45, 7) is 0. The van der Waals surface area contributed by atoms with Gasteiger partial charge in [-0.3, -0.25) is 0 Å². The second-order valence-corrected chi connectivity index (χ2v) is 4.00. The van der Waals surface area contributed by atoms with Gasteiger partial charge in [-0.15, -0.1) is 0 Å². The number of thiophene rings is 1. The smallest absolute Gasteiger partial charge is 0.172 e. The molecule has 1 heterocycles. The standard InChI is InChI=1S/C10H7NO2S/c11-2-1-6-3-7(12)4-9-8(6)5-10(13)14-9/h3-5,12-13H,1H2. The summed E-state index contributed by atoms with van der Waals surface area (Å²) in [5, 5.41) is 28.3. The van der Waals surface area contributed by atoms with E-state index in [4.69, 9.17) is 5.26 Å². The molecule has 0 aliphatic heterocycles. The number of fused-ring (bicyclic) bond motifs is 1. The molecule has 0 saturated heterocycles. The van der Waals surface area contributed by atoms with Gasteiger partial charge in [0.25, 0.3) is 0 Å². The van der Waals surface area contributed by atoms with E-state index in [0.717, 1.165) is 15.6 Å². The van der Waals surface area contributed by atoms with Gasteiger partial charge in [0, 0.05) is 10.1 Å². The van der Waals surface area contributed by atoms with Crippen molar-refractivity contribution in [2.75, 3.05) is 0 Å². The average Bonchev–Trinajstić information content (AvgIpc) is 2.45. The van der Waals surface area contributed by atoms with E-state index in [2.05, 4.69) is 0 Å². The number of phenolic OH excluding ortho intramolecular Hbond substituents is 1. The van der Waals surface area contributed by atoms with Crippen molar-refractivity contribution in [3.8, 4) is 16.9 Å². The van der Waals surface area contributed by atoms with Crippen molar-refractivity contribution in [2.24, 2.45) is 0 Å². The Morgan fingerprint density at radius 2 is 2.07 bits per heavy atom. The number of nitriles is 1. The fourth-order valence-electron chi connectivity index (χ4n) is 1.41. The van der Waals surface area contributed by atoms with Crippen molar-refractivity contribution < 1.29 is 10.2 Å². The molecule has 4 heteroatoms. The van der Waals surface area contributed by atoms with E-state index in [0.29, 0.717) is 0 Å². The van der Waals surface area contributed by atoms with Crippen molar-refractivity contribution in [1.82, 2.24) is 0 Å². The van der Waals surface area contributed by atoms with Crippen molar-refractivity contribution in [1.29, 1.82) is 5.26 Å². The summed E-state index contributed by atoms with van der Waals surface area (Å²) in [6.07, 6.45) is 0.237. The zero-order valence-corrected chi connectivity index (χ0v) is 8.01. The fraction of sp³-hybridized carbons (Fsp3) is 0.100. The summed E-state index contributed by atoms with van der Waals surface area (Å²) in [6, 6.07) is 6.78. The highest BCUT2D eigenvalue weighted by molar-refractivity contribution is 7.20. The Morgan fingerprint density at radius 1 is 1.29 bits per heavy atom. The molecule has 0 bridgehead atoms. The minimum absolute atomic E-state index is 0.129. The van der Waals surface area contributed by atoms with Crippen LogP contribution in [0.25, 0.3) is 10.1 Å². The van der Waals surface area contributed by atoms with Crippen LogP contribution < -0.4 is 0 Å². The fourth-order valence-corrected chi connectivity index (χ4v) is 2.30. The molecule has 0 fully saturated rings. The third-order valence-corrected chi connectivity index (χ3v) is 2.85. The monoisotopic (exact) mass is 205 g/mol. The van der Waals surface area contributed by atoms with Crippen LogP contribution in [-0.2, 0) is 6.42 Å². The van der Waals surface area contributed by atoms with Crippen LogP contribution in [0.1, 0.15) is 5.56 Å². The summed E-state index contributed by atoms with van der Waals surface area (Å²) >= 11 is 1.19. The van der Waals surface area contributed by atoms with Gasteiger partial charge in [0.05, 0.1) is 12.5 Å². The molecule has 0 unspecified atom stereocenters. The van der Waals surface area contributed by atoms with Gasteiger partial charge in [-0.25, -0.2) is 0 Å². The summed E-state index contributed by atoms with van der Waals surface area (Å²) in [7, 11) is 0. The summed E-state index contributed by atoms with van der Waals surface area (Å²) in [5.74, 6) is 0.129. The lowest BCUT2D eigenvalue weighted by molar-refractivity contribution is 0.475. The molecule has 1 aromatic heterocycles. The third kappa shape index (κ3) is 1.38. The maximum Gasteiger partial charge on any atom is 0.172 e. The van der Waals surface area contributed by atoms with Crippen LogP contribution in [0.5, 0.6) is 10.8 Å². The number of hydrogen-bond donors (Lipinski definition) is 2. The highest BCUT2D eigenvalue weighted by atomic mass is 32.1. The largest absolute Gasteiger partial charge is 0.508 e. The minimum atomic E-state index is 0.129. The van der Waals surface area contributed by atoms with Crippen molar-refractivity contribution >= 4 is 21.4 Å². The summed E-state index contributed by atoms with van der Waals surface area (Å²) in [4.78, 5) is 0. The van der Waals surface area contributed by atoms with Crippen LogP contribution in [-0.4, -0.2) is 10.2 Å². The molecule has 0 aliphatic rings. The average molecular weight is 205 g/mol. The van der Waals surface area contributed by atoms with Crippen molar-refractivity contribution in [2.45, 2.75) is 6.42 Å². The Kier molecular flexibility index (Phi) is 2.02. The zero-order chi connectivity index (χ0) is 10.1. The zero-order valence-electron chi connectivity index (χ0n) is 7.19. The first-order chi connectivity index (χ1) is 6.70. The van der Waals surface area contributed by atoms with E-state index in [1.54, 1.807) is 18.2 Å². The molecule has 70 valence electrons. The van der Waals surface area contributed by atoms with Crippen molar-refractivity contribution in [3.05, 3.63) is 23.8 Å². The number of benzene rings is 1. The maximum atomic E-state index is 9.36. The molecule has 0 atom stereocenters. The van der Waals surface area contributed by atoms with Gasteiger partial charge in [-0.05, 0) is 23.8 Å². The number of hydrogen-bond acceptors (Lipinski definition) is 4. The summed E-state index contributed by atoms with van der Waals surface area (Å²) < 4.78 is 0.799. The molecule has 0 radical (unpaired) electrons. The molecule has 0 saturated carbocycles. The number of phenols is 1. The van der Waals surface area contributed by atoms with E-state index in [9.17, 15) is 10.2 Å². The first kappa shape index (κ1) is 8.85. The summed E-state index contributed by atoms with van der Waals surface area (Å²) in [5.41, 5.74) is 0.749.